The van der Waals surface area contributed by atoms with Crippen LogP contribution in [0.25, 0.3) is 0 Å². The molecule has 1 aliphatic rings. The molecule has 0 saturated heterocycles. The summed E-state index contributed by atoms with van der Waals surface area (Å²) in [6.45, 7) is 6.78. The van der Waals surface area contributed by atoms with Crippen LogP contribution in [0.3, 0.4) is 0 Å². The van der Waals surface area contributed by atoms with Crippen LogP contribution in [0.2, 0.25) is 13.1 Å². The topological polar surface area (TPSA) is 23.5 Å². The molecule has 4 heteroatoms. The molecule has 16 heavy (non-hydrogen) atoms. The summed E-state index contributed by atoms with van der Waals surface area (Å²) < 4.78 is 0. The van der Waals surface area contributed by atoms with Crippen LogP contribution >= 0.6 is 11.8 Å². The monoisotopic (exact) mass is 253 g/mol. The first kappa shape index (κ1) is 12.0. The molecule has 88 valence electrons. The van der Waals surface area contributed by atoms with E-state index in [1.165, 1.54) is 15.1 Å². The van der Waals surface area contributed by atoms with Gasteiger partial charge in [0.2, 0.25) is 0 Å². The molecule has 0 aliphatic carbocycles. The largest absolute Gasteiger partial charge is 0.287 e. The summed E-state index contributed by atoms with van der Waals surface area (Å²) in [6.07, 6.45) is 2.14. The fourth-order valence-electron chi connectivity index (χ4n) is 2.11. The van der Waals surface area contributed by atoms with E-state index in [0.29, 0.717) is 0 Å². The molecule has 2 rings (SSSR count). The van der Waals surface area contributed by atoms with Crippen molar-refractivity contribution in [1.82, 2.24) is 0 Å². The number of para-hydroxylation sites is 1. The second-order valence-corrected chi connectivity index (χ2v) is 8.71. The highest BCUT2D eigenvalue weighted by molar-refractivity contribution is 8.00. The highest BCUT2D eigenvalue weighted by Gasteiger charge is 2.31. The first-order valence-electron chi connectivity index (χ1n) is 5.92. The second kappa shape index (κ2) is 4.81. The highest BCUT2D eigenvalue weighted by Crippen LogP contribution is 2.42. The molecule has 1 unspecified atom stereocenters. The molecule has 1 heterocycles. The summed E-state index contributed by atoms with van der Waals surface area (Å²) in [6, 6.07) is 6.42. The lowest BCUT2D eigenvalue weighted by atomic mass is 10.3. The first-order valence-corrected chi connectivity index (χ1v) is 9.69. The fourth-order valence-corrected chi connectivity index (χ4v) is 4.88. The van der Waals surface area contributed by atoms with E-state index >= 15 is 0 Å². The molecule has 0 amide bonds. The molecule has 2 nitrogen and oxygen atoms in total. The van der Waals surface area contributed by atoms with Crippen molar-refractivity contribution in [3.8, 4) is 0 Å². The molecule has 0 bridgehead atoms. The van der Waals surface area contributed by atoms with Crippen molar-refractivity contribution in [1.29, 1.82) is 0 Å². The Morgan fingerprint density at radius 3 is 2.81 bits per heavy atom. The number of hydrogen-bond acceptors (Lipinski definition) is 3. The first-order chi connectivity index (χ1) is 7.65. The highest BCUT2D eigenvalue weighted by atomic mass is 32.2. The van der Waals surface area contributed by atoms with Crippen LogP contribution in [-0.2, 0) is 0 Å². The Kier molecular flexibility index (Phi) is 3.62. The van der Waals surface area contributed by atoms with Crippen LogP contribution in [0.1, 0.15) is 19.8 Å². The van der Waals surface area contributed by atoms with Crippen LogP contribution < -0.4 is 10.2 Å². The summed E-state index contributed by atoms with van der Waals surface area (Å²) in [4.78, 5) is 1.25. The normalized spacial score (nSPS) is 19.3. The zero-order valence-corrected chi connectivity index (χ0v) is 12.1. The maximum absolute atomic E-state index is 10.2. The van der Waals surface area contributed by atoms with Gasteiger partial charge in [-0.1, -0.05) is 50.3 Å². The minimum atomic E-state index is -0.875. The van der Waals surface area contributed by atoms with Crippen molar-refractivity contribution < 1.29 is 5.21 Å². The Balaban J connectivity index is 2.36. The molecule has 1 aliphatic heterocycles. The Morgan fingerprint density at radius 2 is 2.19 bits per heavy atom. The number of hydroxylamine groups is 1. The van der Waals surface area contributed by atoms with Crippen LogP contribution in [0, 0.1) is 0 Å². The Bertz CT molecular complexity index is 383. The van der Waals surface area contributed by atoms with Crippen molar-refractivity contribution in [2.24, 2.45) is 0 Å². The van der Waals surface area contributed by atoms with Gasteiger partial charge >= 0.3 is 0 Å². The number of thioether (sulfide) groups is 1. The molecule has 1 atom stereocenters. The minimum absolute atomic E-state index is 0.217. The van der Waals surface area contributed by atoms with E-state index in [1.807, 2.05) is 0 Å². The van der Waals surface area contributed by atoms with E-state index in [-0.39, 0.29) is 5.37 Å². The average molecular weight is 253 g/mol. The van der Waals surface area contributed by atoms with Gasteiger partial charge in [-0.3, -0.25) is 5.21 Å². The lowest BCUT2D eigenvalue weighted by Gasteiger charge is -2.21. The van der Waals surface area contributed by atoms with Crippen LogP contribution in [0.5, 0.6) is 0 Å². The van der Waals surface area contributed by atoms with E-state index in [9.17, 15) is 5.21 Å². The molecule has 1 aromatic carbocycles. The molecule has 1 aromatic rings. The second-order valence-electron chi connectivity index (χ2n) is 4.55. The zero-order chi connectivity index (χ0) is 11.7. The SMILES string of the molecule is CCCC1Sc2cccc([SiH](C)C)c2N1O. The van der Waals surface area contributed by atoms with Gasteiger partial charge in [0.15, 0.2) is 0 Å². The third-order valence-electron chi connectivity index (χ3n) is 2.95. The number of fused-ring (bicyclic) bond motifs is 1. The average Bonchev–Trinajstić information content (AvgIpc) is 2.57. The van der Waals surface area contributed by atoms with Crippen molar-refractivity contribution in [3.05, 3.63) is 18.2 Å². The number of hydrogen-bond donors (Lipinski definition) is 1. The fraction of sp³-hybridized carbons (Fsp3) is 0.500. The van der Waals surface area contributed by atoms with Gasteiger partial charge in [0.05, 0.1) is 14.5 Å². The molecule has 0 spiro atoms. The van der Waals surface area contributed by atoms with Gasteiger partial charge in [0, 0.05) is 4.90 Å². The van der Waals surface area contributed by atoms with Crippen LogP contribution in [0.15, 0.2) is 23.1 Å². The smallest absolute Gasteiger partial charge is 0.106 e. The number of anilines is 1. The molecule has 0 saturated carbocycles. The molecular formula is C12H19NOSSi. The van der Waals surface area contributed by atoms with Crippen molar-refractivity contribution in [2.75, 3.05) is 5.06 Å². The van der Waals surface area contributed by atoms with Gasteiger partial charge in [-0.15, -0.1) is 0 Å². The van der Waals surface area contributed by atoms with E-state index in [2.05, 4.69) is 38.2 Å². The maximum atomic E-state index is 10.2. The van der Waals surface area contributed by atoms with Crippen molar-refractivity contribution in [3.63, 3.8) is 0 Å². The molecule has 0 radical (unpaired) electrons. The standard InChI is InChI=1S/C12H19NOSSi/c1-4-6-11-13(14)12-9(15-11)7-5-8-10(12)16(2)3/h5,7-8,11,14,16H,4,6H2,1-3H3. The van der Waals surface area contributed by atoms with Gasteiger partial charge in [0.1, 0.15) is 5.37 Å². The minimum Gasteiger partial charge on any atom is -0.287 e. The van der Waals surface area contributed by atoms with Gasteiger partial charge in [-0.2, -0.15) is 0 Å². The maximum Gasteiger partial charge on any atom is 0.106 e. The Hall–Kier alpha value is -0.453. The van der Waals surface area contributed by atoms with E-state index < -0.39 is 8.80 Å². The Labute approximate surface area is 103 Å². The van der Waals surface area contributed by atoms with Crippen LogP contribution in [-0.4, -0.2) is 19.4 Å². The third-order valence-corrected chi connectivity index (χ3v) is 5.95. The van der Waals surface area contributed by atoms with Crippen molar-refractivity contribution in [2.45, 2.75) is 43.1 Å². The van der Waals surface area contributed by atoms with Crippen LogP contribution in [0.4, 0.5) is 5.69 Å². The summed E-state index contributed by atoms with van der Waals surface area (Å²) in [5.74, 6) is 0. The van der Waals surface area contributed by atoms with Gasteiger partial charge in [-0.25, -0.2) is 5.06 Å². The van der Waals surface area contributed by atoms with E-state index in [4.69, 9.17) is 0 Å². The summed E-state index contributed by atoms with van der Waals surface area (Å²) in [5, 5.41) is 13.3. The molecular weight excluding hydrogens is 234 g/mol. The van der Waals surface area contributed by atoms with Gasteiger partial charge < -0.3 is 0 Å². The number of rotatable bonds is 3. The molecule has 0 fully saturated rings. The quantitative estimate of drug-likeness (QED) is 0.838. The third kappa shape index (κ3) is 2.01. The Morgan fingerprint density at radius 1 is 1.44 bits per heavy atom. The van der Waals surface area contributed by atoms with E-state index in [0.717, 1.165) is 18.5 Å². The predicted molar refractivity (Wildman–Crippen MR) is 73.8 cm³/mol. The number of benzene rings is 1. The van der Waals surface area contributed by atoms with Crippen molar-refractivity contribution >= 4 is 31.4 Å². The lowest BCUT2D eigenvalue weighted by molar-refractivity contribution is 0.244. The summed E-state index contributed by atoms with van der Waals surface area (Å²) >= 11 is 1.80. The lowest BCUT2D eigenvalue weighted by Crippen LogP contribution is -2.33. The summed E-state index contributed by atoms with van der Waals surface area (Å²) in [5.41, 5.74) is 1.09. The molecule has 0 aromatic heterocycles. The zero-order valence-electron chi connectivity index (χ0n) is 10.1. The van der Waals surface area contributed by atoms with E-state index in [1.54, 1.807) is 11.8 Å². The summed E-state index contributed by atoms with van der Waals surface area (Å²) in [7, 11) is -0.875. The number of nitrogens with zero attached hydrogens (tertiary/aromatic N) is 1. The molecule has 1 N–H and O–H groups in total. The predicted octanol–water partition coefficient (Wildman–Crippen LogP) is 2.81. The van der Waals surface area contributed by atoms with Gasteiger partial charge in [-0.05, 0) is 17.7 Å². The van der Waals surface area contributed by atoms with Gasteiger partial charge in [0.25, 0.3) is 0 Å².